The van der Waals surface area contributed by atoms with E-state index in [1.807, 2.05) is 12.1 Å². The van der Waals surface area contributed by atoms with Crippen molar-refractivity contribution in [3.63, 3.8) is 0 Å². The number of methoxy groups -OCH3 is 1. The highest BCUT2D eigenvalue weighted by Crippen LogP contribution is 2.35. The minimum Gasteiger partial charge on any atom is -0.469 e. The normalized spacial score (nSPS) is 18.9. The van der Waals surface area contributed by atoms with Gasteiger partial charge in [0.05, 0.1) is 13.5 Å². The molecule has 0 saturated heterocycles. The second-order valence-electron chi connectivity index (χ2n) is 4.33. The summed E-state index contributed by atoms with van der Waals surface area (Å²) < 4.78 is 4.73. The molecule has 0 heterocycles. The number of fused-ring (bicyclic) bond motifs is 1. The van der Waals surface area contributed by atoms with Crippen molar-refractivity contribution in [3.05, 3.63) is 29.3 Å². The predicted octanol–water partition coefficient (Wildman–Crippen LogP) is 2.25. The molecule has 0 aliphatic heterocycles. The maximum Gasteiger partial charge on any atom is 0.306 e. The number of ether oxygens (including phenoxy) is 1. The quantitative estimate of drug-likeness (QED) is 0.613. The third-order valence-electron chi connectivity index (χ3n) is 3.25. The summed E-state index contributed by atoms with van der Waals surface area (Å²) in [7, 11) is 1.44. The Hall–Kier alpha value is -1.51. The summed E-state index contributed by atoms with van der Waals surface area (Å²) >= 11 is 0. The third kappa shape index (κ3) is 2.18. The molecule has 1 aliphatic carbocycles. The molecule has 0 saturated carbocycles. The van der Waals surface area contributed by atoms with Crippen LogP contribution in [0.25, 0.3) is 0 Å². The molecular formula is C13H17NO2. The summed E-state index contributed by atoms with van der Waals surface area (Å²) in [5.74, 6) is 0.139. The molecule has 1 unspecified atom stereocenters. The van der Waals surface area contributed by atoms with E-state index in [4.69, 9.17) is 10.5 Å². The highest BCUT2D eigenvalue weighted by atomic mass is 16.5. The van der Waals surface area contributed by atoms with Crippen LogP contribution in [0, 0.1) is 0 Å². The Bertz CT molecular complexity index is 401. The summed E-state index contributed by atoms with van der Waals surface area (Å²) in [5, 5.41) is 0. The van der Waals surface area contributed by atoms with Gasteiger partial charge in [0, 0.05) is 5.69 Å². The predicted molar refractivity (Wildman–Crippen MR) is 63.2 cm³/mol. The van der Waals surface area contributed by atoms with Gasteiger partial charge < -0.3 is 10.5 Å². The molecule has 0 bridgehead atoms. The van der Waals surface area contributed by atoms with Crippen LogP contribution in [-0.4, -0.2) is 13.1 Å². The Labute approximate surface area is 95.6 Å². The van der Waals surface area contributed by atoms with Crippen molar-refractivity contribution < 1.29 is 9.53 Å². The van der Waals surface area contributed by atoms with Crippen LogP contribution in [-0.2, 0) is 16.0 Å². The molecule has 1 aromatic rings. The van der Waals surface area contributed by atoms with Gasteiger partial charge in [-0.1, -0.05) is 6.07 Å². The average Bonchev–Trinajstić information content (AvgIpc) is 2.29. The van der Waals surface area contributed by atoms with Crippen LogP contribution in [0.2, 0.25) is 0 Å². The summed E-state index contributed by atoms with van der Waals surface area (Å²) in [6, 6.07) is 6.01. The van der Waals surface area contributed by atoms with Gasteiger partial charge in [0.15, 0.2) is 0 Å². The van der Waals surface area contributed by atoms with Crippen LogP contribution in [0.3, 0.4) is 0 Å². The fourth-order valence-electron chi connectivity index (χ4n) is 2.41. The molecule has 0 aromatic heterocycles. The molecule has 1 aromatic carbocycles. The van der Waals surface area contributed by atoms with E-state index in [0.29, 0.717) is 6.42 Å². The first kappa shape index (κ1) is 11.0. The number of nitrogen functional groups attached to an aromatic ring is 1. The summed E-state index contributed by atoms with van der Waals surface area (Å²) in [6.45, 7) is 0. The van der Waals surface area contributed by atoms with Crippen LogP contribution in [0.15, 0.2) is 18.2 Å². The van der Waals surface area contributed by atoms with Gasteiger partial charge in [-0.25, -0.2) is 0 Å². The number of hydrogen-bond acceptors (Lipinski definition) is 3. The van der Waals surface area contributed by atoms with Crippen LogP contribution < -0.4 is 5.73 Å². The van der Waals surface area contributed by atoms with Gasteiger partial charge in [0.1, 0.15) is 0 Å². The van der Waals surface area contributed by atoms with Crippen molar-refractivity contribution in [3.8, 4) is 0 Å². The SMILES string of the molecule is COC(=O)CC1CCCc2ccc(N)cc21. The second-order valence-corrected chi connectivity index (χ2v) is 4.33. The number of hydrogen-bond donors (Lipinski definition) is 1. The van der Waals surface area contributed by atoms with Gasteiger partial charge in [0.25, 0.3) is 0 Å². The molecule has 0 spiro atoms. The lowest BCUT2D eigenvalue weighted by Crippen LogP contribution is -2.15. The lowest BCUT2D eigenvalue weighted by atomic mass is 9.81. The molecule has 3 nitrogen and oxygen atoms in total. The van der Waals surface area contributed by atoms with Gasteiger partial charge >= 0.3 is 5.97 Å². The first-order chi connectivity index (χ1) is 7.70. The molecule has 3 heteroatoms. The standard InChI is InChI=1S/C13H17NO2/c1-16-13(15)7-10-4-2-3-9-5-6-11(14)8-12(9)10/h5-6,8,10H,2-4,7,14H2,1H3. The number of benzene rings is 1. The number of esters is 1. The Morgan fingerprint density at radius 2 is 2.38 bits per heavy atom. The Balaban J connectivity index is 2.24. The van der Waals surface area contributed by atoms with Crippen molar-refractivity contribution >= 4 is 11.7 Å². The number of carbonyl (C=O) groups is 1. The first-order valence-corrected chi connectivity index (χ1v) is 5.66. The average molecular weight is 219 g/mol. The van der Waals surface area contributed by atoms with Gasteiger partial charge in [-0.05, 0) is 48.4 Å². The van der Waals surface area contributed by atoms with Gasteiger partial charge in [-0.3, -0.25) is 4.79 Å². The van der Waals surface area contributed by atoms with Crippen LogP contribution in [0.4, 0.5) is 5.69 Å². The van der Waals surface area contributed by atoms with E-state index >= 15 is 0 Å². The van der Waals surface area contributed by atoms with Gasteiger partial charge in [-0.2, -0.15) is 0 Å². The molecule has 0 amide bonds. The van der Waals surface area contributed by atoms with Gasteiger partial charge in [0.2, 0.25) is 0 Å². The smallest absolute Gasteiger partial charge is 0.306 e. The lowest BCUT2D eigenvalue weighted by Gasteiger charge is -2.25. The number of anilines is 1. The molecule has 86 valence electrons. The van der Waals surface area contributed by atoms with Crippen molar-refractivity contribution in [2.45, 2.75) is 31.6 Å². The van der Waals surface area contributed by atoms with Crippen LogP contribution in [0.5, 0.6) is 0 Å². The van der Waals surface area contributed by atoms with E-state index in [0.717, 1.165) is 24.9 Å². The Morgan fingerprint density at radius 1 is 1.56 bits per heavy atom. The third-order valence-corrected chi connectivity index (χ3v) is 3.25. The van der Waals surface area contributed by atoms with Crippen molar-refractivity contribution in [2.24, 2.45) is 0 Å². The molecule has 1 aliphatic rings. The fraction of sp³-hybridized carbons (Fsp3) is 0.462. The molecule has 0 radical (unpaired) electrons. The summed E-state index contributed by atoms with van der Waals surface area (Å²) in [6.07, 6.45) is 3.74. The first-order valence-electron chi connectivity index (χ1n) is 5.66. The highest BCUT2D eigenvalue weighted by Gasteiger charge is 2.22. The molecule has 2 rings (SSSR count). The summed E-state index contributed by atoms with van der Waals surface area (Å²) in [4.78, 5) is 11.3. The van der Waals surface area contributed by atoms with E-state index in [9.17, 15) is 4.79 Å². The molecule has 0 fully saturated rings. The lowest BCUT2D eigenvalue weighted by molar-refractivity contribution is -0.141. The molecule has 16 heavy (non-hydrogen) atoms. The number of aryl methyl sites for hydroxylation is 1. The fourth-order valence-corrected chi connectivity index (χ4v) is 2.41. The monoisotopic (exact) mass is 219 g/mol. The zero-order valence-electron chi connectivity index (χ0n) is 9.53. The topological polar surface area (TPSA) is 52.3 Å². The van der Waals surface area contributed by atoms with E-state index in [-0.39, 0.29) is 11.9 Å². The molecule has 2 N–H and O–H groups in total. The zero-order valence-corrected chi connectivity index (χ0v) is 9.53. The maximum atomic E-state index is 11.3. The van der Waals surface area contributed by atoms with E-state index < -0.39 is 0 Å². The summed E-state index contributed by atoms with van der Waals surface area (Å²) in [5.41, 5.74) is 9.13. The van der Waals surface area contributed by atoms with Crippen molar-refractivity contribution in [1.82, 2.24) is 0 Å². The van der Waals surface area contributed by atoms with Crippen LogP contribution >= 0.6 is 0 Å². The van der Waals surface area contributed by atoms with Gasteiger partial charge in [-0.15, -0.1) is 0 Å². The van der Waals surface area contributed by atoms with Crippen molar-refractivity contribution in [1.29, 1.82) is 0 Å². The number of rotatable bonds is 2. The second kappa shape index (κ2) is 4.56. The maximum absolute atomic E-state index is 11.3. The molecule has 1 atom stereocenters. The van der Waals surface area contributed by atoms with Crippen LogP contribution in [0.1, 0.15) is 36.3 Å². The Morgan fingerprint density at radius 3 is 3.12 bits per heavy atom. The minimum atomic E-state index is -0.139. The largest absolute Gasteiger partial charge is 0.469 e. The minimum absolute atomic E-state index is 0.139. The highest BCUT2D eigenvalue weighted by molar-refractivity contribution is 5.70. The van der Waals surface area contributed by atoms with E-state index in [1.165, 1.54) is 18.2 Å². The number of carbonyl (C=O) groups excluding carboxylic acids is 1. The Kier molecular flexibility index (Phi) is 3.13. The van der Waals surface area contributed by atoms with E-state index in [2.05, 4.69) is 6.07 Å². The number of nitrogens with two attached hydrogens (primary N) is 1. The zero-order chi connectivity index (χ0) is 11.5. The van der Waals surface area contributed by atoms with Crippen molar-refractivity contribution in [2.75, 3.05) is 12.8 Å². The molecular weight excluding hydrogens is 202 g/mol. The van der Waals surface area contributed by atoms with E-state index in [1.54, 1.807) is 0 Å².